The van der Waals surface area contributed by atoms with Gasteiger partial charge in [-0.1, -0.05) is 0 Å². The Morgan fingerprint density at radius 2 is 1.90 bits per heavy atom. The van der Waals surface area contributed by atoms with Gasteiger partial charge in [-0.15, -0.1) is 12.4 Å². The number of hydrogen-bond donors (Lipinski definition) is 3. The van der Waals surface area contributed by atoms with E-state index in [4.69, 9.17) is 9.72 Å². The Hall–Kier alpha value is -1.68. The van der Waals surface area contributed by atoms with Crippen molar-refractivity contribution in [3.8, 4) is 0 Å². The summed E-state index contributed by atoms with van der Waals surface area (Å²) in [5.41, 5.74) is 1.65. The molecule has 3 aliphatic heterocycles. The Morgan fingerprint density at radius 1 is 1.17 bits per heavy atom. The summed E-state index contributed by atoms with van der Waals surface area (Å²) in [5.74, 6) is 0.739. The van der Waals surface area contributed by atoms with E-state index in [9.17, 15) is 14.7 Å². The van der Waals surface area contributed by atoms with Crippen LogP contribution in [0.5, 0.6) is 0 Å². The van der Waals surface area contributed by atoms with Crippen LogP contribution in [0.25, 0.3) is 0 Å². The maximum absolute atomic E-state index is 12.8. The van der Waals surface area contributed by atoms with Gasteiger partial charge in [-0.2, -0.15) is 0 Å². The average molecular weight is 440 g/mol. The number of carbonyl (C=O) groups excluding carboxylic acids is 1. The van der Waals surface area contributed by atoms with Gasteiger partial charge < -0.3 is 25.0 Å². The van der Waals surface area contributed by atoms with Crippen LogP contribution in [-0.2, 0) is 21.4 Å². The first-order valence-corrected chi connectivity index (χ1v) is 10.7. The van der Waals surface area contributed by atoms with Crippen LogP contribution in [0, 0.1) is 0 Å². The quantitative estimate of drug-likeness (QED) is 0.572. The van der Waals surface area contributed by atoms with E-state index in [1.165, 1.54) is 0 Å². The number of aliphatic hydroxyl groups excluding tert-OH is 1. The van der Waals surface area contributed by atoms with Crippen LogP contribution in [0.2, 0.25) is 0 Å². The topological polar surface area (TPSA) is 111 Å². The molecule has 0 bridgehead atoms. The zero-order chi connectivity index (χ0) is 20.0. The van der Waals surface area contributed by atoms with Gasteiger partial charge >= 0.3 is 0 Å². The summed E-state index contributed by atoms with van der Waals surface area (Å²) in [7, 11) is 0. The molecule has 0 unspecified atom stereocenters. The first-order valence-electron chi connectivity index (χ1n) is 10.7. The van der Waals surface area contributed by atoms with E-state index >= 15 is 0 Å². The molecule has 4 aliphatic rings. The molecule has 1 aliphatic carbocycles. The molecule has 3 N–H and O–H groups in total. The number of aromatic nitrogens is 2. The average Bonchev–Trinajstić information content (AvgIpc) is 3.33. The summed E-state index contributed by atoms with van der Waals surface area (Å²) in [6.45, 7) is 4.59. The van der Waals surface area contributed by atoms with Gasteiger partial charge in [0.25, 0.3) is 5.56 Å². The van der Waals surface area contributed by atoms with Crippen molar-refractivity contribution in [3.63, 3.8) is 0 Å². The van der Waals surface area contributed by atoms with Crippen LogP contribution in [0.1, 0.15) is 36.9 Å². The smallest absolute Gasteiger partial charge is 0.255 e. The third-order valence-electron chi connectivity index (χ3n) is 7.11. The zero-order valence-electron chi connectivity index (χ0n) is 17.1. The third kappa shape index (κ3) is 3.72. The van der Waals surface area contributed by atoms with Crippen LogP contribution >= 0.6 is 12.4 Å². The summed E-state index contributed by atoms with van der Waals surface area (Å²) in [4.78, 5) is 37.4. The molecule has 0 aromatic carbocycles. The molecule has 0 saturated carbocycles. The molecule has 2 atom stereocenters. The summed E-state index contributed by atoms with van der Waals surface area (Å²) < 4.78 is 5.42. The minimum atomic E-state index is -0.434. The van der Waals surface area contributed by atoms with Crippen molar-refractivity contribution in [1.29, 1.82) is 0 Å². The number of anilines is 1. The molecular formula is C20H30ClN5O4. The number of fused-ring (bicyclic) bond motifs is 2. The number of H-pyrrole nitrogens is 1. The van der Waals surface area contributed by atoms with Gasteiger partial charge in [-0.3, -0.25) is 14.6 Å². The number of ether oxygens (including phenoxy) is 1. The predicted molar refractivity (Wildman–Crippen MR) is 113 cm³/mol. The summed E-state index contributed by atoms with van der Waals surface area (Å²) >= 11 is 0. The number of morpholine rings is 1. The van der Waals surface area contributed by atoms with Crippen LogP contribution < -0.4 is 15.8 Å². The van der Waals surface area contributed by atoms with Crippen molar-refractivity contribution < 1.29 is 14.6 Å². The first kappa shape index (κ1) is 21.5. The SMILES string of the molecule is Cl.O=C([C@H]1C[C@@H](O)CN1)N1CCC2(CCc3c2nc(N2CCOCC2)[nH]c3=O)CC1. The lowest BCUT2D eigenvalue weighted by Crippen LogP contribution is -2.50. The Kier molecular flexibility index (Phi) is 6.07. The Labute approximate surface area is 181 Å². The lowest BCUT2D eigenvalue weighted by molar-refractivity contribution is -0.134. The molecule has 5 rings (SSSR count). The first-order chi connectivity index (χ1) is 14.1. The van der Waals surface area contributed by atoms with E-state index in [0.29, 0.717) is 45.2 Å². The molecule has 1 amide bonds. The van der Waals surface area contributed by atoms with Crippen LogP contribution in [0.15, 0.2) is 4.79 Å². The maximum atomic E-state index is 12.8. The van der Waals surface area contributed by atoms with Crippen molar-refractivity contribution in [2.75, 3.05) is 50.8 Å². The number of nitrogens with zero attached hydrogens (tertiary/aromatic N) is 3. The zero-order valence-corrected chi connectivity index (χ0v) is 17.9. The highest BCUT2D eigenvalue weighted by molar-refractivity contribution is 5.85. The second-order valence-corrected chi connectivity index (χ2v) is 8.77. The maximum Gasteiger partial charge on any atom is 0.255 e. The summed E-state index contributed by atoms with van der Waals surface area (Å²) in [5, 5.41) is 12.8. The summed E-state index contributed by atoms with van der Waals surface area (Å²) in [6, 6.07) is -0.274. The lowest BCUT2D eigenvalue weighted by atomic mass is 9.76. The predicted octanol–water partition coefficient (Wildman–Crippen LogP) is -0.442. The number of nitrogens with one attached hydrogen (secondary N) is 2. The van der Waals surface area contributed by atoms with Crippen molar-refractivity contribution in [1.82, 2.24) is 20.2 Å². The van der Waals surface area contributed by atoms with Crippen molar-refractivity contribution >= 4 is 24.3 Å². The molecular weight excluding hydrogens is 410 g/mol. The number of β-amino-alcohol motifs (C(OH)–C–C–N with tert-alkyl or cyclic N) is 1. The molecule has 166 valence electrons. The number of halogens is 1. The molecule has 9 nitrogen and oxygen atoms in total. The van der Waals surface area contributed by atoms with Gasteiger partial charge in [0.2, 0.25) is 11.9 Å². The fourth-order valence-electron chi connectivity index (χ4n) is 5.33. The molecule has 1 aromatic heterocycles. The molecule has 3 fully saturated rings. The molecule has 4 heterocycles. The third-order valence-corrected chi connectivity index (χ3v) is 7.11. The number of amides is 1. The molecule has 30 heavy (non-hydrogen) atoms. The van der Waals surface area contributed by atoms with Crippen LogP contribution in [-0.4, -0.2) is 84.0 Å². The van der Waals surface area contributed by atoms with E-state index in [0.717, 1.165) is 50.0 Å². The standard InChI is InChI=1S/C20H29N5O4.ClH/c26-13-11-15(21-12-13)18(28)24-5-3-20(4-6-24)2-1-14-16(20)22-19(23-17(14)27)25-7-9-29-10-8-25;/h13,15,21,26H,1-12H2,(H,22,23,27);1H/t13-,15-;/m1./s1. The lowest BCUT2D eigenvalue weighted by Gasteiger charge is -2.40. The Bertz CT molecular complexity index is 848. The van der Waals surface area contributed by atoms with E-state index in [2.05, 4.69) is 15.2 Å². The molecule has 3 saturated heterocycles. The van der Waals surface area contributed by atoms with Crippen molar-refractivity contribution in [2.24, 2.45) is 0 Å². The Morgan fingerprint density at radius 3 is 2.57 bits per heavy atom. The van der Waals surface area contributed by atoms with E-state index in [1.54, 1.807) is 0 Å². The van der Waals surface area contributed by atoms with Crippen molar-refractivity contribution in [3.05, 3.63) is 21.6 Å². The minimum Gasteiger partial charge on any atom is -0.392 e. The van der Waals surface area contributed by atoms with Gasteiger partial charge in [-0.25, -0.2) is 4.98 Å². The monoisotopic (exact) mass is 439 g/mol. The van der Waals surface area contributed by atoms with Gasteiger partial charge in [0.15, 0.2) is 0 Å². The highest BCUT2D eigenvalue weighted by Gasteiger charge is 2.45. The summed E-state index contributed by atoms with van der Waals surface area (Å²) in [6.07, 6.45) is 3.40. The van der Waals surface area contributed by atoms with Crippen LogP contribution in [0.3, 0.4) is 0 Å². The van der Waals surface area contributed by atoms with Gasteiger partial charge in [0.05, 0.1) is 31.1 Å². The number of hydrogen-bond acceptors (Lipinski definition) is 7. The Balaban J connectivity index is 0.00000218. The van der Waals surface area contributed by atoms with E-state index < -0.39 is 6.10 Å². The number of aromatic amines is 1. The molecule has 1 aromatic rings. The second kappa shape index (κ2) is 8.45. The fraction of sp³-hybridized carbons (Fsp3) is 0.750. The van der Waals surface area contributed by atoms with Gasteiger partial charge in [0, 0.05) is 43.7 Å². The van der Waals surface area contributed by atoms with Crippen molar-refractivity contribution in [2.45, 2.75) is 49.7 Å². The normalized spacial score (nSPS) is 27.8. The number of carbonyl (C=O) groups is 1. The molecule has 1 spiro atoms. The van der Waals surface area contributed by atoms with Gasteiger partial charge in [-0.05, 0) is 32.1 Å². The highest BCUT2D eigenvalue weighted by atomic mass is 35.5. The van der Waals surface area contributed by atoms with Crippen LogP contribution in [0.4, 0.5) is 5.95 Å². The highest BCUT2D eigenvalue weighted by Crippen LogP contribution is 2.44. The molecule has 0 radical (unpaired) electrons. The van der Waals surface area contributed by atoms with E-state index in [-0.39, 0.29) is 35.3 Å². The minimum absolute atomic E-state index is 0. The van der Waals surface area contributed by atoms with E-state index in [1.807, 2.05) is 4.90 Å². The largest absolute Gasteiger partial charge is 0.392 e. The number of likely N-dealkylation sites (tertiary alicyclic amines) is 1. The molecule has 10 heteroatoms. The number of rotatable bonds is 2. The second-order valence-electron chi connectivity index (χ2n) is 8.77. The van der Waals surface area contributed by atoms with Gasteiger partial charge in [0.1, 0.15) is 0 Å². The number of aliphatic hydroxyl groups is 1. The fourth-order valence-corrected chi connectivity index (χ4v) is 5.33. The number of piperidine rings is 1.